The Bertz CT molecular complexity index is 878. The number of aryl methyl sites for hydroxylation is 1. The van der Waals surface area contributed by atoms with Crippen LogP contribution in [0.3, 0.4) is 0 Å². The second-order valence-corrected chi connectivity index (χ2v) is 5.96. The number of hydrogen-bond donors (Lipinski definition) is 1. The van der Waals surface area contributed by atoms with E-state index in [9.17, 15) is 24.8 Å². The average Bonchev–Trinajstić information content (AvgIpc) is 2.86. The summed E-state index contributed by atoms with van der Waals surface area (Å²) in [7, 11) is 0. The van der Waals surface area contributed by atoms with E-state index in [4.69, 9.17) is 4.74 Å². The smallest absolute Gasteiger partial charge is 0.282 e. The third kappa shape index (κ3) is 3.27. The number of nitro benzene ring substituents is 1. The van der Waals surface area contributed by atoms with Crippen molar-refractivity contribution in [2.75, 3.05) is 13.2 Å². The zero-order chi connectivity index (χ0) is 18.8. The van der Waals surface area contributed by atoms with E-state index in [2.05, 4.69) is 0 Å². The van der Waals surface area contributed by atoms with Crippen LogP contribution >= 0.6 is 0 Å². The van der Waals surface area contributed by atoms with Gasteiger partial charge in [0, 0.05) is 6.07 Å². The van der Waals surface area contributed by atoms with Crippen LogP contribution in [0.25, 0.3) is 0 Å². The highest BCUT2D eigenvalue weighted by atomic mass is 16.6. The van der Waals surface area contributed by atoms with Crippen LogP contribution in [0.5, 0.6) is 5.75 Å². The Morgan fingerprint density at radius 3 is 2.50 bits per heavy atom. The van der Waals surface area contributed by atoms with Crippen LogP contribution in [0.4, 0.5) is 5.69 Å². The minimum atomic E-state index is -1.13. The summed E-state index contributed by atoms with van der Waals surface area (Å²) in [4.78, 5) is 36.0. The number of hydrogen-bond acceptors (Lipinski definition) is 6. The molecule has 3 rings (SSSR count). The average molecular weight is 356 g/mol. The molecule has 2 aromatic carbocycles. The molecular weight excluding hydrogens is 340 g/mol. The fourth-order valence-electron chi connectivity index (χ4n) is 2.72. The summed E-state index contributed by atoms with van der Waals surface area (Å²) < 4.78 is 5.44. The molecule has 2 aromatic rings. The van der Waals surface area contributed by atoms with Gasteiger partial charge in [0.05, 0.1) is 17.0 Å². The third-order valence-corrected chi connectivity index (χ3v) is 4.03. The molecule has 1 aliphatic heterocycles. The van der Waals surface area contributed by atoms with Gasteiger partial charge in [-0.05, 0) is 25.1 Å². The number of rotatable bonds is 6. The van der Waals surface area contributed by atoms with E-state index in [1.54, 1.807) is 12.1 Å². The minimum Gasteiger partial charge on any atom is -0.491 e. The molecule has 0 bridgehead atoms. The van der Waals surface area contributed by atoms with Gasteiger partial charge >= 0.3 is 0 Å². The molecule has 0 spiro atoms. The molecule has 0 aliphatic carbocycles. The molecule has 0 unspecified atom stereocenters. The Balaban J connectivity index is 1.69. The van der Waals surface area contributed by atoms with Crippen molar-refractivity contribution in [2.45, 2.75) is 13.0 Å². The van der Waals surface area contributed by atoms with Crippen molar-refractivity contribution in [1.29, 1.82) is 0 Å². The van der Waals surface area contributed by atoms with Gasteiger partial charge in [-0.15, -0.1) is 0 Å². The summed E-state index contributed by atoms with van der Waals surface area (Å²) >= 11 is 0. The van der Waals surface area contributed by atoms with Crippen molar-refractivity contribution in [3.05, 3.63) is 69.3 Å². The minimum absolute atomic E-state index is 0.0316. The van der Waals surface area contributed by atoms with Crippen LogP contribution in [0.2, 0.25) is 0 Å². The molecular formula is C18H16N2O6. The first-order chi connectivity index (χ1) is 12.4. The molecule has 8 nitrogen and oxygen atoms in total. The molecule has 2 amide bonds. The molecule has 0 fully saturated rings. The van der Waals surface area contributed by atoms with Gasteiger partial charge in [0.25, 0.3) is 17.5 Å². The number of imide groups is 1. The van der Waals surface area contributed by atoms with Crippen LogP contribution < -0.4 is 4.74 Å². The standard InChI is InChI=1S/C18H16N2O6/c1-11-5-7-13(8-6-11)26-10-12(21)9-19-17(22)14-3-2-4-15(20(24)25)16(14)18(19)23/h2-8,12,21H,9-10H2,1H3/t12-/m1/s1. The second kappa shape index (κ2) is 6.93. The molecule has 0 saturated heterocycles. The quantitative estimate of drug-likeness (QED) is 0.481. The highest BCUT2D eigenvalue weighted by Crippen LogP contribution is 2.30. The molecule has 1 N–H and O–H groups in total. The topological polar surface area (TPSA) is 110 Å². The third-order valence-electron chi connectivity index (χ3n) is 4.03. The van der Waals surface area contributed by atoms with Crippen molar-refractivity contribution in [1.82, 2.24) is 4.90 Å². The number of aliphatic hydroxyl groups is 1. The molecule has 1 heterocycles. The lowest BCUT2D eigenvalue weighted by atomic mass is 10.1. The van der Waals surface area contributed by atoms with Crippen LogP contribution in [-0.2, 0) is 0 Å². The summed E-state index contributed by atoms with van der Waals surface area (Å²) in [6.07, 6.45) is -1.13. The van der Waals surface area contributed by atoms with Crippen molar-refractivity contribution >= 4 is 17.5 Å². The first-order valence-electron chi connectivity index (χ1n) is 7.89. The fraction of sp³-hybridized carbons (Fsp3) is 0.222. The maximum Gasteiger partial charge on any atom is 0.282 e. The number of benzene rings is 2. The first-order valence-corrected chi connectivity index (χ1v) is 7.89. The molecule has 0 saturated carbocycles. The SMILES string of the molecule is Cc1ccc(OC[C@H](O)CN2C(=O)c3cccc([N+](=O)[O-])c3C2=O)cc1. The van der Waals surface area contributed by atoms with E-state index in [1.165, 1.54) is 18.2 Å². The largest absolute Gasteiger partial charge is 0.491 e. The molecule has 1 atom stereocenters. The van der Waals surface area contributed by atoms with Gasteiger partial charge in [0.2, 0.25) is 0 Å². The lowest BCUT2D eigenvalue weighted by molar-refractivity contribution is -0.385. The fourth-order valence-corrected chi connectivity index (χ4v) is 2.72. The van der Waals surface area contributed by atoms with E-state index in [0.717, 1.165) is 10.5 Å². The van der Waals surface area contributed by atoms with Gasteiger partial charge in [-0.25, -0.2) is 0 Å². The number of amides is 2. The summed E-state index contributed by atoms with van der Waals surface area (Å²) in [5.41, 5.74) is 0.365. The van der Waals surface area contributed by atoms with Crippen LogP contribution in [0, 0.1) is 17.0 Å². The lowest BCUT2D eigenvalue weighted by Gasteiger charge is -2.18. The zero-order valence-electron chi connectivity index (χ0n) is 13.9. The van der Waals surface area contributed by atoms with Crippen molar-refractivity contribution in [3.8, 4) is 5.75 Å². The monoisotopic (exact) mass is 356 g/mol. The molecule has 134 valence electrons. The number of fused-ring (bicyclic) bond motifs is 1. The van der Waals surface area contributed by atoms with Crippen molar-refractivity contribution in [3.63, 3.8) is 0 Å². The van der Waals surface area contributed by atoms with Crippen LogP contribution in [-0.4, -0.2) is 46.0 Å². The number of carbonyl (C=O) groups is 2. The lowest BCUT2D eigenvalue weighted by Crippen LogP contribution is -2.39. The Labute approximate surface area is 148 Å². The van der Waals surface area contributed by atoms with E-state index >= 15 is 0 Å². The van der Waals surface area contributed by atoms with E-state index in [1.807, 2.05) is 19.1 Å². The molecule has 0 aromatic heterocycles. The molecule has 0 radical (unpaired) electrons. The maximum atomic E-state index is 12.4. The number of nitrogens with zero attached hydrogens (tertiary/aromatic N) is 2. The molecule has 26 heavy (non-hydrogen) atoms. The predicted molar refractivity (Wildman–Crippen MR) is 91.1 cm³/mol. The number of ether oxygens (including phenoxy) is 1. The van der Waals surface area contributed by atoms with Gasteiger partial charge in [-0.3, -0.25) is 24.6 Å². The predicted octanol–water partition coefficient (Wildman–Crippen LogP) is 1.94. The summed E-state index contributed by atoms with van der Waals surface area (Å²) in [5.74, 6) is -0.901. The van der Waals surface area contributed by atoms with Gasteiger partial charge in [0.1, 0.15) is 24.0 Å². The first kappa shape index (κ1) is 17.6. The number of carbonyl (C=O) groups excluding carboxylic acids is 2. The Hall–Kier alpha value is -3.26. The van der Waals surface area contributed by atoms with Crippen LogP contribution in [0.15, 0.2) is 42.5 Å². The summed E-state index contributed by atoms with van der Waals surface area (Å²) in [6, 6.07) is 11.1. The highest BCUT2D eigenvalue weighted by Gasteiger charge is 2.41. The number of nitro groups is 1. The van der Waals surface area contributed by atoms with E-state index in [0.29, 0.717) is 5.75 Å². The molecule has 1 aliphatic rings. The Morgan fingerprint density at radius 2 is 1.85 bits per heavy atom. The van der Waals surface area contributed by atoms with Crippen molar-refractivity contribution < 1.29 is 24.4 Å². The van der Waals surface area contributed by atoms with Gasteiger partial charge in [0.15, 0.2) is 0 Å². The number of β-amino-alcohol motifs (C(OH)–C–C–N with tert-alkyl or cyclic N) is 1. The van der Waals surface area contributed by atoms with E-state index < -0.39 is 28.5 Å². The van der Waals surface area contributed by atoms with Gasteiger partial charge in [-0.1, -0.05) is 23.8 Å². The van der Waals surface area contributed by atoms with Gasteiger partial charge < -0.3 is 9.84 Å². The Morgan fingerprint density at radius 1 is 1.15 bits per heavy atom. The second-order valence-electron chi connectivity index (χ2n) is 5.96. The van der Waals surface area contributed by atoms with Gasteiger partial charge in [-0.2, -0.15) is 0 Å². The normalized spacial score (nSPS) is 14.3. The van der Waals surface area contributed by atoms with Crippen molar-refractivity contribution in [2.24, 2.45) is 0 Å². The maximum absolute atomic E-state index is 12.4. The summed E-state index contributed by atoms with van der Waals surface area (Å²) in [6.45, 7) is 1.49. The number of aliphatic hydroxyl groups excluding tert-OH is 1. The summed E-state index contributed by atoms with van der Waals surface area (Å²) in [5, 5.41) is 21.2. The molecule has 8 heteroatoms. The zero-order valence-corrected chi connectivity index (χ0v) is 13.9. The highest BCUT2D eigenvalue weighted by molar-refractivity contribution is 6.23. The van der Waals surface area contributed by atoms with Crippen LogP contribution in [0.1, 0.15) is 26.3 Å². The Kier molecular flexibility index (Phi) is 4.68. The van der Waals surface area contributed by atoms with E-state index in [-0.39, 0.29) is 24.3 Å².